The molecule has 0 fully saturated rings. The molecule has 0 N–H and O–H groups in total. The minimum absolute atomic E-state index is 0.218. The molecular weight excluding hydrogens is 228 g/mol. The highest BCUT2D eigenvalue weighted by atomic mass is 16.5. The Bertz CT molecular complexity index is 420. The molecule has 1 aromatic carbocycles. The van der Waals surface area contributed by atoms with E-state index in [9.17, 15) is 4.79 Å². The first-order chi connectivity index (χ1) is 8.67. The minimum Gasteiger partial charge on any atom is -0.464 e. The summed E-state index contributed by atoms with van der Waals surface area (Å²) in [7, 11) is 1.82. The fourth-order valence-corrected chi connectivity index (χ4v) is 1.45. The topological polar surface area (TPSA) is 53.3 Å². The van der Waals surface area contributed by atoms with Gasteiger partial charge in [-0.2, -0.15) is 5.26 Å². The Morgan fingerprint density at radius 2 is 2.06 bits per heavy atom. The zero-order chi connectivity index (χ0) is 13.4. The van der Waals surface area contributed by atoms with Crippen molar-refractivity contribution in [1.29, 1.82) is 5.26 Å². The monoisotopic (exact) mass is 246 g/mol. The van der Waals surface area contributed by atoms with E-state index in [1.165, 1.54) is 0 Å². The first-order valence-electron chi connectivity index (χ1n) is 6.04. The van der Waals surface area contributed by atoms with Crippen molar-refractivity contribution in [1.82, 2.24) is 0 Å². The second-order valence-corrected chi connectivity index (χ2v) is 4.09. The van der Waals surface area contributed by atoms with E-state index < -0.39 is 0 Å². The third-order valence-electron chi connectivity index (χ3n) is 2.56. The zero-order valence-corrected chi connectivity index (χ0v) is 10.8. The highest BCUT2D eigenvalue weighted by Crippen LogP contribution is 2.13. The molecule has 0 aromatic heterocycles. The predicted octanol–water partition coefficient (Wildman–Crippen LogP) is 2.34. The van der Waals surface area contributed by atoms with Gasteiger partial charge in [0.25, 0.3) is 0 Å². The number of carbonyl (C=O) groups excluding carboxylic acids is 1. The lowest BCUT2D eigenvalue weighted by atomic mass is 10.2. The van der Waals surface area contributed by atoms with E-state index in [0.717, 1.165) is 18.5 Å². The van der Waals surface area contributed by atoms with Gasteiger partial charge in [0.2, 0.25) is 0 Å². The van der Waals surface area contributed by atoms with Gasteiger partial charge in [-0.15, -0.1) is 0 Å². The van der Waals surface area contributed by atoms with Crippen LogP contribution in [0.3, 0.4) is 0 Å². The van der Waals surface area contributed by atoms with E-state index in [0.29, 0.717) is 12.2 Å². The number of benzene rings is 1. The van der Waals surface area contributed by atoms with E-state index in [-0.39, 0.29) is 12.5 Å². The van der Waals surface area contributed by atoms with Crippen LogP contribution in [-0.4, -0.2) is 26.2 Å². The van der Waals surface area contributed by atoms with Gasteiger partial charge >= 0.3 is 5.97 Å². The molecule has 1 aromatic rings. The van der Waals surface area contributed by atoms with Crippen LogP contribution in [0.15, 0.2) is 24.3 Å². The Kier molecular flexibility index (Phi) is 5.72. The van der Waals surface area contributed by atoms with Gasteiger partial charge in [-0.1, -0.05) is 13.3 Å². The van der Waals surface area contributed by atoms with Crippen molar-refractivity contribution in [3.8, 4) is 6.07 Å². The Morgan fingerprint density at radius 3 is 2.61 bits per heavy atom. The number of esters is 1. The number of carbonyl (C=O) groups is 1. The number of rotatable bonds is 6. The smallest absolute Gasteiger partial charge is 0.325 e. The molecule has 4 heteroatoms. The molecule has 0 bridgehead atoms. The predicted molar refractivity (Wildman–Crippen MR) is 70.3 cm³/mol. The van der Waals surface area contributed by atoms with Gasteiger partial charge in [-0.3, -0.25) is 4.79 Å². The molecule has 96 valence electrons. The molecule has 18 heavy (non-hydrogen) atoms. The highest BCUT2D eigenvalue weighted by Gasteiger charge is 2.08. The van der Waals surface area contributed by atoms with E-state index in [1.807, 2.05) is 19.2 Å². The van der Waals surface area contributed by atoms with Gasteiger partial charge in [0.15, 0.2) is 0 Å². The molecule has 0 saturated carbocycles. The maximum absolute atomic E-state index is 11.5. The maximum atomic E-state index is 11.5. The summed E-state index contributed by atoms with van der Waals surface area (Å²) in [6.45, 7) is 2.75. The molecule has 0 aliphatic carbocycles. The van der Waals surface area contributed by atoms with Crippen LogP contribution < -0.4 is 4.90 Å². The number of likely N-dealkylation sites (N-methyl/N-ethyl adjacent to an activating group) is 1. The van der Waals surface area contributed by atoms with Crippen LogP contribution in [-0.2, 0) is 9.53 Å². The van der Waals surface area contributed by atoms with E-state index in [1.54, 1.807) is 17.0 Å². The van der Waals surface area contributed by atoms with Gasteiger partial charge in [0.1, 0.15) is 6.54 Å². The standard InChI is InChI=1S/C14H18N2O2/c1-3-4-9-18-14(17)11-16(2)13-7-5-12(10-15)6-8-13/h5-8H,3-4,9,11H2,1-2H3. The van der Waals surface area contributed by atoms with Crippen molar-refractivity contribution in [2.24, 2.45) is 0 Å². The first kappa shape index (κ1) is 14.0. The summed E-state index contributed by atoms with van der Waals surface area (Å²) >= 11 is 0. The fraction of sp³-hybridized carbons (Fsp3) is 0.429. The molecular formula is C14H18N2O2. The number of nitrogens with zero attached hydrogens (tertiary/aromatic N) is 2. The summed E-state index contributed by atoms with van der Waals surface area (Å²) in [6, 6.07) is 9.15. The summed E-state index contributed by atoms with van der Waals surface area (Å²) in [5, 5.41) is 8.70. The number of hydrogen-bond donors (Lipinski definition) is 0. The van der Waals surface area contributed by atoms with Crippen molar-refractivity contribution >= 4 is 11.7 Å². The Labute approximate surface area is 108 Å². The van der Waals surface area contributed by atoms with Crippen molar-refractivity contribution in [3.05, 3.63) is 29.8 Å². The summed E-state index contributed by atoms with van der Waals surface area (Å²) < 4.78 is 5.09. The quantitative estimate of drug-likeness (QED) is 0.571. The third kappa shape index (κ3) is 4.46. The Hall–Kier alpha value is -2.02. The zero-order valence-electron chi connectivity index (χ0n) is 10.8. The Morgan fingerprint density at radius 1 is 1.39 bits per heavy atom. The number of ether oxygens (including phenoxy) is 1. The molecule has 0 aliphatic heterocycles. The summed E-state index contributed by atoms with van der Waals surface area (Å²) in [6.07, 6.45) is 1.91. The average molecular weight is 246 g/mol. The van der Waals surface area contributed by atoms with Crippen molar-refractivity contribution in [2.45, 2.75) is 19.8 Å². The van der Waals surface area contributed by atoms with Crippen LogP contribution in [0.5, 0.6) is 0 Å². The fourth-order valence-electron chi connectivity index (χ4n) is 1.45. The van der Waals surface area contributed by atoms with Gasteiger partial charge in [0, 0.05) is 12.7 Å². The van der Waals surface area contributed by atoms with E-state index in [2.05, 4.69) is 13.0 Å². The van der Waals surface area contributed by atoms with Gasteiger partial charge < -0.3 is 9.64 Å². The number of unbranched alkanes of at least 4 members (excludes halogenated alkanes) is 1. The van der Waals surface area contributed by atoms with Crippen molar-refractivity contribution in [2.75, 3.05) is 25.1 Å². The van der Waals surface area contributed by atoms with Crippen LogP contribution in [0.4, 0.5) is 5.69 Å². The molecule has 0 spiro atoms. The van der Waals surface area contributed by atoms with E-state index >= 15 is 0 Å². The van der Waals surface area contributed by atoms with Crippen LogP contribution in [0.25, 0.3) is 0 Å². The number of nitriles is 1. The largest absolute Gasteiger partial charge is 0.464 e. The van der Waals surface area contributed by atoms with Crippen molar-refractivity contribution < 1.29 is 9.53 Å². The van der Waals surface area contributed by atoms with Crippen LogP contribution in [0, 0.1) is 11.3 Å². The molecule has 0 aliphatic rings. The lowest BCUT2D eigenvalue weighted by Crippen LogP contribution is -2.27. The second-order valence-electron chi connectivity index (χ2n) is 4.09. The average Bonchev–Trinajstić information content (AvgIpc) is 2.39. The third-order valence-corrected chi connectivity index (χ3v) is 2.56. The molecule has 0 saturated heterocycles. The van der Waals surface area contributed by atoms with Crippen LogP contribution in [0.1, 0.15) is 25.3 Å². The van der Waals surface area contributed by atoms with E-state index in [4.69, 9.17) is 10.00 Å². The molecule has 0 heterocycles. The van der Waals surface area contributed by atoms with Gasteiger partial charge in [-0.25, -0.2) is 0 Å². The molecule has 0 atom stereocenters. The minimum atomic E-state index is -0.227. The summed E-state index contributed by atoms with van der Waals surface area (Å²) in [5.74, 6) is -0.227. The highest BCUT2D eigenvalue weighted by molar-refractivity contribution is 5.75. The van der Waals surface area contributed by atoms with Crippen LogP contribution >= 0.6 is 0 Å². The summed E-state index contributed by atoms with van der Waals surface area (Å²) in [5.41, 5.74) is 1.50. The summed E-state index contributed by atoms with van der Waals surface area (Å²) in [4.78, 5) is 13.3. The first-order valence-corrected chi connectivity index (χ1v) is 6.04. The maximum Gasteiger partial charge on any atom is 0.325 e. The van der Waals surface area contributed by atoms with Crippen LogP contribution in [0.2, 0.25) is 0 Å². The molecule has 0 amide bonds. The normalized spacial score (nSPS) is 9.61. The molecule has 0 unspecified atom stereocenters. The number of hydrogen-bond acceptors (Lipinski definition) is 4. The van der Waals surface area contributed by atoms with Crippen molar-refractivity contribution in [3.63, 3.8) is 0 Å². The molecule has 0 radical (unpaired) electrons. The second kappa shape index (κ2) is 7.33. The SMILES string of the molecule is CCCCOC(=O)CN(C)c1ccc(C#N)cc1. The molecule has 4 nitrogen and oxygen atoms in total. The lowest BCUT2D eigenvalue weighted by molar-refractivity contribution is -0.142. The lowest BCUT2D eigenvalue weighted by Gasteiger charge is -2.18. The van der Waals surface area contributed by atoms with Gasteiger partial charge in [0.05, 0.1) is 18.2 Å². The van der Waals surface area contributed by atoms with Gasteiger partial charge in [-0.05, 0) is 30.7 Å². The number of anilines is 1. The molecule has 1 rings (SSSR count). The Balaban J connectivity index is 2.46.